The molecule has 1 N–H and O–H groups in total. The first kappa shape index (κ1) is 24.6. The average molecular weight is 470 g/mol. The zero-order valence-electron chi connectivity index (χ0n) is 21.4. The summed E-state index contributed by atoms with van der Waals surface area (Å²) in [4.78, 5) is 15.0. The van der Waals surface area contributed by atoms with Gasteiger partial charge in [0.25, 0.3) is 5.91 Å². The molecule has 4 rings (SSSR count). The van der Waals surface area contributed by atoms with Gasteiger partial charge >= 0.3 is 0 Å². The van der Waals surface area contributed by atoms with Crippen molar-refractivity contribution in [2.24, 2.45) is 0 Å². The Balaban J connectivity index is 1.50. The van der Waals surface area contributed by atoms with Gasteiger partial charge in [-0.1, -0.05) is 18.2 Å². The van der Waals surface area contributed by atoms with E-state index in [1.165, 1.54) is 27.7 Å². The summed E-state index contributed by atoms with van der Waals surface area (Å²) in [7, 11) is 5.87. The summed E-state index contributed by atoms with van der Waals surface area (Å²) < 4.78 is 7.63. The number of ether oxygens (including phenoxy) is 1. The van der Waals surface area contributed by atoms with Crippen molar-refractivity contribution in [2.75, 3.05) is 33.1 Å². The fourth-order valence-electron chi connectivity index (χ4n) is 4.58. The number of carbonyl (C=O) groups excluding carboxylic acids is 1. The summed E-state index contributed by atoms with van der Waals surface area (Å²) in [6.07, 6.45) is 1.91. The minimum atomic E-state index is -0.117. The molecule has 182 valence electrons. The van der Waals surface area contributed by atoms with Gasteiger partial charge in [-0.05, 0) is 113 Å². The summed E-state index contributed by atoms with van der Waals surface area (Å²) in [6, 6.07) is 22.0. The lowest BCUT2D eigenvalue weighted by Crippen LogP contribution is -2.15. The molecule has 5 nitrogen and oxygen atoms in total. The zero-order valence-corrected chi connectivity index (χ0v) is 21.4. The Morgan fingerprint density at radius 2 is 1.71 bits per heavy atom. The number of aromatic nitrogens is 1. The summed E-state index contributed by atoms with van der Waals surface area (Å²) in [6.45, 7) is 6.54. The van der Waals surface area contributed by atoms with Crippen LogP contribution in [0.2, 0.25) is 0 Å². The number of benzene rings is 3. The SMILES string of the molecule is COc1ccc(NC(=O)c2cccc(Cc3ccc4c(c3)c(C)c(C)n4CCCN(C)C)c2)cc1. The highest BCUT2D eigenvalue weighted by molar-refractivity contribution is 6.04. The van der Waals surface area contributed by atoms with E-state index in [2.05, 4.69) is 67.0 Å². The van der Waals surface area contributed by atoms with Crippen LogP contribution < -0.4 is 10.1 Å². The number of amides is 1. The van der Waals surface area contributed by atoms with Crippen LogP contribution in [0.4, 0.5) is 5.69 Å². The molecule has 1 aromatic heterocycles. The largest absolute Gasteiger partial charge is 0.497 e. The maximum Gasteiger partial charge on any atom is 0.255 e. The fourth-order valence-corrected chi connectivity index (χ4v) is 4.58. The van der Waals surface area contributed by atoms with Crippen LogP contribution in [-0.2, 0) is 13.0 Å². The highest BCUT2D eigenvalue weighted by Gasteiger charge is 2.12. The van der Waals surface area contributed by atoms with Gasteiger partial charge in [0.2, 0.25) is 0 Å². The first-order valence-corrected chi connectivity index (χ1v) is 12.1. The molecular weight excluding hydrogens is 434 g/mol. The minimum Gasteiger partial charge on any atom is -0.497 e. The Hall–Kier alpha value is -3.57. The zero-order chi connectivity index (χ0) is 24.9. The predicted octanol–water partition coefficient (Wildman–Crippen LogP) is 6.06. The molecule has 0 radical (unpaired) electrons. The molecule has 5 heteroatoms. The van der Waals surface area contributed by atoms with E-state index in [0.29, 0.717) is 5.56 Å². The lowest BCUT2D eigenvalue weighted by atomic mass is 10.0. The Morgan fingerprint density at radius 1 is 0.971 bits per heavy atom. The summed E-state index contributed by atoms with van der Waals surface area (Å²) in [5.41, 5.74) is 7.75. The van der Waals surface area contributed by atoms with Gasteiger partial charge < -0.3 is 19.5 Å². The lowest BCUT2D eigenvalue weighted by molar-refractivity contribution is 0.102. The number of aryl methyl sites for hydroxylation is 2. The van der Waals surface area contributed by atoms with Gasteiger partial charge in [0, 0.05) is 34.4 Å². The molecule has 0 aliphatic rings. The van der Waals surface area contributed by atoms with E-state index in [0.717, 1.165) is 42.9 Å². The van der Waals surface area contributed by atoms with Gasteiger partial charge in [0.15, 0.2) is 0 Å². The van der Waals surface area contributed by atoms with Crippen molar-refractivity contribution in [1.29, 1.82) is 0 Å². The number of anilines is 1. The Kier molecular flexibility index (Phi) is 7.57. The minimum absolute atomic E-state index is 0.117. The van der Waals surface area contributed by atoms with Gasteiger partial charge in [-0.25, -0.2) is 0 Å². The number of fused-ring (bicyclic) bond motifs is 1. The second kappa shape index (κ2) is 10.8. The first-order valence-electron chi connectivity index (χ1n) is 12.1. The van der Waals surface area contributed by atoms with Crippen LogP contribution in [-0.4, -0.2) is 43.1 Å². The van der Waals surface area contributed by atoms with Gasteiger partial charge in [0.05, 0.1) is 7.11 Å². The maximum absolute atomic E-state index is 12.8. The Bertz CT molecular complexity index is 1320. The molecule has 0 aliphatic heterocycles. The molecule has 1 heterocycles. The summed E-state index contributed by atoms with van der Waals surface area (Å²) in [5.74, 6) is 0.644. The van der Waals surface area contributed by atoms with Crippen molar-refractivity contribution < 1.29 is 9.53 Å². The molecule has 0 aliphatic carbocycles. The van der Waals surface area contributed by atoms with Crippen molar-refractivity contribution in [3.8, 4) is 5.75 Å². The van der Waals surface area contributed by atoms with E-state index in [1.807, 2.05) is 42.5 Å². The lowest BCUT2D eigenvalue weighted by Gasteiger charge is -2.12. The molecule has 0 saturated carbocycles. The first-order chi connectivity index (χ1) is 16.9. The number of carbonyl (C=O) groups is 1. The van der Waals surface area contributed by atoms with E-state index in [4.69, 9.17) is 4.74 Å². The molecule has 0 bridgehead atoms. The molecule has 0 fully saturated rings. The maximum atomic E-state index is 12.8. The van der Waals surface area contributed by atoms with Crippen molar-refractivity contribution in [3.05, 3.63) is 94.7 Å². The summed E-state index contributed by atoms with van der Waals surface area (Å²) in [5, 5.41) is 4.28. The highest BCUT2D eigenvalue weighted by Crippen LogP contribution is 2.27. The number of methoxy groups -OCH3 is 1. The number of hydrogen-bond acceptors (Lipinski definition) is 3. The highest BCUT2D eigenvalue weighted by atomic mass is 16.5. The normalized spacial score (nSPS) is 11.3. The van der Waals surface area contributed by atoms with Crippen LogP contribution >= 0.6 is 0 Å². The van der Waals surface area contributed by atoms with E-state index >= 15 is 0 Å². The van der Waals surface area contributed by atoms with Crippen LogP contribution in [0, 0.1) is 13.8 Å². The average Bonchev–Trinajstić information content (AvgIpc) is 3.09. The van der Waals surface area contributed by atoms with E-state index in [-0.39, 0.29) is 5.91 Å². The van der Waals surface area contributed by atoms with E-state index in [9.17, 15) is 4.79 Å². The fraction of sp³-hybridized carbons (Fsp3) is 0.300. The van der Waals surface area contributed by atoms with Crippen LogP contribution in [0.5, 0.6) is 5.75 Å². The predicted molar refractivity (Wildman–Crippen MR) is 145 cm³/mol. The van der Waals surface area contributed by atoms with Gasteiger partial charge in [0.1, 0.15) is 5.75 Å². The van der Waals surface area contributed by atoms with E-state index < -0.39 is 0 Å². The van der Waals surface area contributed by atoms with Crippen LogP contribution in [0.15, 0.2) is 66.7 Å². The topological polar surface area (TPSA) is 46.5 Å². The van der Waals surface area contributed by atoms with E-state index in [1.54, 1.807) is 7.11 Å². The molecule has 1 amide bonds. The number of nitrogens with one attached hydrogen (secondary N) is 1. The molecular formula is C30H35N3O2. The second-order valence-corrected chi connectivity index (χ2v) is 9.43. The quantitative estimate of drug-likeness (QED) is 0.324. The number of rotatable bonds is 9. The molecule has 4 aromatic rings. The van der Waals surface area contributed by atoms with Crippen molar-refractivity contribution in [2.45, 2.75) is 33.2 Å². The number of nitrogens with zero attached hydrogens (tertiary/aromatic N) is 2. The standard InChI is InChI=1S/C30H35N3O2/c1-21-22(2)33(17-7-16-32(3)4)29-15-10-24(20-28(21)29)18-23-8-6-9-25(19-23)30(34)31-26-11-13-27(35-5)14-12-26/h6,8-15,19-20H,7,16-18H2,1-5H3,(H,31,34). The smallest absolute Gasteiger partial charge is 0.255 e. The third-order valence-electron chi connectivity index (χ3n) is 6.64. The molecule has 0 atom stereocenters. The number of hydrogen-bond donors (Lipinski definition) is 1. The van der Waals surface area contributed by atoms with Gasteiger partial charge in [-0.15, -0.1) is 0 Å². The van der Waals surface area contributed by atoms with Gasteiger partial charge in [-0.2, -0.15) is 0 Å². The molecule has 0 spiro atoms. The molecule has 0 saturated heterocycles. The summed E-state index contributed by atoms with van der Waals surface area (Å²) >= 11 is 0. The molecule has 3 aromatic carbocycles. The Labute approximate surface area is 208 Å². The second-order valence-electron chi connectivity index (χ2n) is 9.43. The van der Waals surface area contributed by atoms with Crippen LogP contribution in [0.1, 0.15) is 39.2 Å². The molecule has 0 unspecified atom stereocenters. The van der Waals surface area contributed by atoms with Crippen LogP contribution in [0.25, 0.3) is 10.9 Å². The van der Waals surface area contributed by atoms with Gasteiger partial charge in [-0.3, -0.25) is 4.79 Å². The van der Waals surface area contributed by atoms with Crippen LogP contribution in [0.3, 0.4) is 0 Å². The van der Waals surface area contributed by atoms with Crippen molar-refractivity contribution in [1.82, 2.24) is 9.47 Å². The van der Waals surface area contributed by atoms with Crippen molar-refractivity contribution >= 4 is 22.5 Å². The third kappa shape index (κ3) is 5.75. The monoisotopic (exact) mass is 469 g/mol. The van der Waals surface area contributed by atoms with Crippen molar-refractivity contribution in [3.63, 3.8) is 0 Å². The Morgan fingerprint density at radius 3 is 2.43 bits per heavy atom. The third-order valence-corrected chi connectivity index (χ3v) is 6.64. The molecule has 35 heavy (non-hydrogen) atoms.